The first kappa shape index (κ1) is 20.8. The molecule has 2 aliphatic heterocycles. The number of carbonyl (C=O) groups is 3. The lowest BCUT2D eigenvalue weighted by molar-refractivity contribution is -0.131. The number of Topliss-reactive ketones (excluding diaryl/α,β-unsaturated/α-hetero) is 1. The minimum atomic E-state index is -0.547. The first-order chi connectivity index (χ1) is 14.9. The molecule has 0 unspecified atom stereocenters. The summed E-state index contributed by atoms with van der Waals surface area (Å²) in [4.78, 5) is 40.8. The molecule has 0 aliphatic carbocycles. The summed E-state index contributed by atoms with van der Waals surface area (Å²) in [5.41, 5.74) is 1.46. The van der Waals surface area contributed by atoms with Gasteiger partial charge in [0.15, 0.2) is 30.6 Å². The SMILES string of the molecule is Cc1ccc(F)c(OCC(=O)c2ccc3c(c2)N(CC(=O)N2CCCC2)C(=O)CO3)c1. The van der Waals surface area contributed by atoms with Gasteiger partial charge in [0.25, 0.3) is 5.91 Å². The number of benzene rings is 2. The Morgan fingerprint density at radius 3 is 2.68 bits per heavy atom. The van der Waals surface area contributed by atoms with Gasteiger partial charge in [-0.3, -0.25) is 19.3 Å². The highest BCUT2D eigenvalue weighted by molar-refractivity contribution is 6.04. The molecule has 0 atom stereocenters. The Morgan fingerprint density at radius 1 is 1.13 bits per heavy atom. The minimum Gasteiger partial charge on any atom is -0.482 e. The Bertz CT molecular complexity index is 1030. The van der Waals surface area contributed by atoms with E-state index in [-0.39, 0.29) is 48.7 Å². The van der Waals surface area contributed by atoms with Crippen molar-refractivity contribution in [3.63, 3.8) is 0 Å². The van der Waals surface area contributed by atoms with Crippen molar-refractivity contribution < 1.29 is 28.2 Å². The van der Waals surface area contributed by atoms with E-state index in [9.17, 15) is 18.8 Å². The zero-order chi connectivity index (χ0) is 22.0. The number of ketones is 1. The van der Waals surface area contributed by atoms with Gasteiger partial charge in [0.2, 0.25) is 5.91 Å². The summed E-state index contributed by atoms with van der Waals surface area (Å²) in [7, 11) is 0. The number of nitrogens with zero attached hydrogens (tertiary/aromatic N) is 2. The van der Waals surface area contributed by atoms with Gasteiger partial charge in [-0.2, -0.15) is 0 Å². The summed E-state index contributed by atoms with van der Waals surface area (Å²) in [6.45, 7) is 2.56. The highest BCUT2D eigenvalue weighted by atomic mass is 19.1. The van der Waals surface area contributed by atoms with Gasteiger partial charge >= 0.3 is 0 Å². The molecule has 1 fully saturated rings. The second-order valence-corrected chi connectivity index (χ2v) is 7.68. The van der Waals surface area contributed by atoms with Crippen LogP contribution >= 0.6 is 0 Å². The van der Waals surface area contributed by atoms with Crippen molar-refractivity contribution in [1.29, 1.82) is 0 Å². The van der Waals surface area contributed by atoms with Gasteiger partial charge < -0.3 is 14.4 Å². The maximum absolute atomic E-state index is 13.9. The molecule has 0 N–H and O–H groups in total. The summed E-state index contributed by atoms with van der Waals surface area (Å²) in [6.07, 6.45) is 1.92. The predicted molar refractivity (Wildman–Crippen MR) is 111 cm³/mol. The fraction of sp³-hybridized carbons (Fsp3) is 0.348. The summed E-state index contributed by atoms with van der Waals surface area (Å²) in [6, 6.07) is 9.09. The van der Waals surface area contributed by atoms with Crippen molar-refractivity contribution in [2.75, 3.05) is 37.7 Å². The van der Waals surface area contributed by atoms with Gasteiger partial charge in [-0.1, -0.05) is 6.07 Å². The topological polar surface area (TPSA) is 76.2 Å². The summed E-state index contributed by atoms with van der Waals surface area (Å²) < 4.78 is 24.7. The number of amides is 2. The smallest absolute Gasteiger partial charge is 0.265 e. The molecule has 0 spiro atoms. The maximum atomic E-state index is 13.9. The van der Waals surface area contributed by atoms with E-state index in [0.29, 0.717) is 24.5 Å². The van der Waals surface area contributed by atoms with Crippen LogP contribution in [0.3, 0.4) is 0 Å². The van der Waals surface area contributed by atoms with Crippen LogP contribution in [0.4, 0.5) is 10.1 Å². The molecular formula is C23H23FN2O5. The Morgan fingerprint density at radius 2 is 1.90 bits per heavy atom. The summed E-state index contributed by atoms with van der Waals surface area (Å²) in [5, 5.41) is 0. The van der Waals surface area contributed by atoms with Crippen molar-refractivity contribution in [2.45, 2.75) is 19.8 Å². The quantitative estimate of drug-likeness (QED) is 0.664. The van der Waals surface area contributed by atoms with Gasteiger partial charge in [0.05, 0.1) is 5.69 Å². The Kier molecular flexibility index (Phi) is 5.88. The fourth-order valence-electron chi connectivity index (χ4n) is 3.70. The maximum Gasteiger partial charge on any atom is 0.265 e. The molecule has 0 bridgehead atoms. The third-order valence-electron chi connectivity index (χ3n) is 5.42. The number of likely N-dealkylation sites (tertiary alicyclic amines) is 1. The Hall–Kier alpha value is -3.42. The van der Waals surface area contributed by atoms with E-state index in [0.717, 1.165) is 18.4 Å². The minimum absolute atomic E-state index is 0.00246. The van der Waals surface area contributed by atoms with E-state index in [1.807, 2.05) is 0 Å². The molecule has 0 saturated carbocycles. The Labute approximate surface area is 179 Å². The van der Waals surface area contributed by atoms with E-state index in [2.05, 4.69) is 0 Å². The number of halogens is 1. The average molecular weight is 426 g/mol. The second kappa shape index (κ2) is 8.75. The Balaban J connectivity index is 1.51. The number of anilines is 1. The zero-order valence-corrected chi connectivity index (χ0v) is 17.2. The molecule has 2 aromatic rings. The highest BCUT2D eigenvalue weighted by Gasteiger charge is 2.30. The van der Waals surface area contributed by atoms with E-state index >= 15 is 0 Å². The normalized spacial score (nSPS) is 15.5. The fourth-order valence-corrected chi connectivity index (χ4v) is 3.70. The van der Waals surface area contributed by atoms with Crippen LogP contribution in [0, 0.1) is 12.7 Å². The highest BCUT2D eigenvalue weighted by Crippen LogP contribution is 2.33. The summed E-state index contributed by atoms with van der Waals surface area (Å²) >= 11 is 0. The number of carbonyl (C=O) groups excluding carboxylic acids is 3. The molecule has 31 heavy (non-hydrogen) atoms. The van der Waals surface area contributed by atoms with E-state index in [4.69, 9.17) is 9.47 Å². The zero-order valence-electron chi connectivity index (χ0n) is 17.2. The third kappa shape index (κ3) is 4.52. The van der Waals surface area contributed by atoms with Crippen LogP contribution in [0.2, 0.25) is 0 Å². The molecule has 8 heteroatoms. The molecule has 162 valence electrons. The van der Waals surface area contributed by atoms with E-state index in [1.165, 1.54) is 23.1 Å². The number of fused-ring (bicyclic) bond motifs is 1. The number of rotatable bonds is 6. The molecule has 2 aromatic carbocycles. The number of hydrogen-bond donors (Lipinski definition) is 0. The number of ether oxygens (including phenoxy) is 2. The van der Waals surface area contributed by atoms with Gasteiger partial charge in [-0.05, 0) is 55.7 Å². The molecule has 7 nitrogen and oxygen atoms in total. The molecule has 0 aromatic heterocycles. The average Bonchev–Trinajstić information content (AvgIpc) is 3.31. The van der Waals surface area contributed by atoms with E-state index < -0.39 is 5.82 Å². The number of hydrogen-bond acceptors (Lipinski definition) is 5. The van der Waals surface area contributed by atoms with Crippen LogP contribution in [0.15, 0.2) is 36.4 Å². The molecule has 2 amide bonds. The molecule has 2 aliphatic rings. The molecule has 4 rings (SSSR count). The van der Waals surface area contributed by atoms with Crippen LogP contribution in [0.25, 0.3) is 0 Å². The van der Waals surface area contributed by atoms with Gasteiger partial charge in [-0.25, -0.2) is 4.39 Å². The van der Waals surface area contributed by atoms with Crippen LogP contribution in [-0.2, 0) is 9.59 Å². The second-order valence-electron chi connectivity index (χ2n) is 7.68. The van der Waals surface area contributed by atoms with Crippen LogP contribution in [-0.4, -0.2) is 55.3 Å². The van der Waals surface area contributed by atoms with Gasteiger partial charge in [0.1, 0.15) is 12.3 Å². The summed E-state index contributed by atoms with van der Waals surface area (Å²) in [5.74, 6) is -0.975. The van der Waals surface area contributed by atoms with Crippen molar-refractivity contribution in [3.05, 3.63) is 53.3 Å². The monoisotopic (exact) mass is 426 g/mol. The van der Waals surface area contributed by atoms with Crippen molar-refractivity contribution in [1.82, 2.24) is 4.90 Å². The van der Waals surface area contributed by atoms with Crippen molar-refractivity contribution in [2.24, 2.45) is 0 Å². The lowest BCUT2D eigenvalue weighted by Crippen LogP contribution is -2.46. The largest absolute Gasteiger partial charge is 0.482 e. The lowest BCUT2D eigenvalue weighted by Gasteiger charge is -2.30. The molecule has 2 heterocycles. The van der Waals surface area contributed by atoms with Crippen molar-refractivity contribution >= 4 is 23.3 Å². The standard InChI is InChI=1S/C23H23FN2O5/c1-15-4-6-17(24)21(10-15)30-13-19(27)16-5-7-20-18(11-16)26(23(29)14-31-20)12-22(28)25-8-2-3-9-25/h4-7,10-11H,2-3,8-9,12-14H2,1H3. The van der Waals surface area contributed by atoms with Crippen molar-refractivity contribution in [3.8, 4) is 11.5 Å². The lowest BCUT2D eigenvalue weighted by atomic mass is 10.1. The third-order valence-corrected chi connectivity index (χ3v) is 5.42. The van der Waals surface area contributed by atoms with Crippen LogP contribution in [0.1, 0.15) is 28.8 Å². The van der Waals surface area contributed by atoms with Crippen LogP contribution < -0.4 is 14.4 Å². The van der Waals surface area contributed by atoms with Gasteiger partial charge in [-0.15, -0.1) is 0 Å². The number of aryl methyl sites for hydroxylation is 1. The molecular weight excluding hydrogens is 403 g/mol. The first-order valence-electron chi connectivity index (χ1n) is 10.2. The molecule has 0 radical (unpaired) electrons. The first-order valence-corrected chi connectivity index (χ1v) is 10.2. The predicted octanol–water partition coefficient (Wildman–Crippen LogP) is 2.74. The van der Waals surface area contributed by atoms with Crippen LogP contribution in [0.5, 0.6) is 11.5 Å². The van der Waals surface area contributed by atoms with E-state index in [1.54, 1.807) is 30.0 Å². The van der Waals surface area contributed by atoms with Gasteiger partial charge in [0, 0.05) is 18.7 Å². The molecule has 1 saturated heterocycles.